The minimum absolute atomic E-state index is 0.197. The average Bonchev–Trinajstić information content (AvgIpc) is 3.56. The fourth-order valence-corrected chi connectivity index (χ4v) is 8.62. The predicted octanol–water partition coefficient (Wildman–Crippen LogP) is 13.4. The molecule has 0 aliphatic heterocycles. The van der Waals surface area contributed by atoms with Crippen LogP contribution >= 0.6 is 0 Å². The van der Waals surface area contributed by atoms with E-state index in [1.165, 1.54) is 99.5 Å². The summed E-state index contributed by atoms with van der Waals surface area (Å²) in [5.41, 5.74) is 19.0. The highest BCUT2D eigenvalue weighted by Gasteiger charge is 2.19. The SMILES string of the molecule is C=C/C(C)=C(\C=C/C)c1cc(-c2ccc3c(c2)c2c(n3-c3ccc(C)c(-c4ccccc4C)c3)=CCCC=2)ccc1C(C)c1cccc(C2=CCCC=C2)c1. The van der Waals surface area contributed by atoms with E-state index in [2.05, 4.69) is 191 Å². The van der Waals surface area contributed by atoms with E-state index in [1.54, 1.807) is 0 Å². The van der Waals surface area contributed by atoms with Gasteiger partial charge in [-0.15, -0.1) is 0 Å². The Kier molecular flexibility index (Phi) is 10.1. The maximum Gasteiger partial charge on any atom is 0.0541 e. The second-order valence-electron chi connectivity index (χ2n) is 15.3. The molecule has 0 saturated carbocycles. The molecule has 1 nitrogen and oxygen atoms in total. The highest BCUT2D eigenvalue weighted by Crippen LogP contribution is 2.38. The number of rotatable bonds is 9. The van der Waals surface area contributed by atoms with Crippen molar-refractivity contribution in [2.75, 3.05) is 0 Å². The molecule has 6 aromatic rings. The molecule has 0 amide bonds. The Morgan fingerprint density at radius 3 is 2.31 bits per heavy atom. The molecule has 1 unspecified atom stereocenters. The summed E-state index contributed by atoms with van der Waals surface area (Å²) >= 11 is 0. The highest BCUT2D eigenvalue weighted by atomic mass is 15.0. The summed E-state index contributed by atoms with van der Waals surface area (Å²) in [6, 6.07) is 39.0. The van der Waals surface area contributed by atoms with E-state index in [4.69, 9.17) is 0 Å². The Hall–Kier alpha value is -5.92. The van der Waals surface area contributed by atoms with E-state index in [-0.39, 0.29) is 5.92 Å². The third-order valence-electron chi connectivity index (χ3n) is 11.7. The molecule has 0 bridgehead atoms. The number of benzene rings is 5. The fourth-order valence-electron chi connectivity index (χ4n) is 8.62. The molecule has 1 aromatic heterocycles. The first kappa shape index (κ1) is 36.1. The van der Waals surface area contributed by atoms with Crippen molar-refractivity contribution >= 4 is 34.2 Å². The van der Waals surface area contributed by atoms with E-state index < -0.39 is 0 Å². The van der Waals surface area contributed by atoms with Gasteiger partial charge < -0.3 is 4.57 Å². The molecule has 2 aliphatic rings. The first-order valence-corrected chi connectivity index (χ1v) is 20.0. The zero-order chi connectivity index (χ0) is 38.1. The van der Waals surface area contributed by atoms with E-state index >= 15 is 0 Å². The normalized spacial score (nSPS) is 14.9. The van der Waals surface area contributed by atoms with Crippen LogP contribution in [-0.4, -0.2) is 4.57 Å². The van der Waals surface area contributed by atoms with Crippen molar-refractivity contribution in [3.8, 4) is 27.9 Å². The van der Waals surface area contributed by atoms with Crippen LogP contribution in [0.15, 0.2) is 152 Å². The molecule has 5 aromatic carbocycles. The van der Waals surface area contributed by atoms with Crippen LogP contribution in [-0.2, 0) is 0 Å². The molecular formula is C54H51N. The van der Waals surface area contributed by atoms with Crippen LogP contribution in [0.1, 0.15) is 85.8 Å². The summed E-state index contributed by atoms with van der Waals surface area (Å²) in [7, 11) is 0. The molecule has 272 valence electrons. The van der Waals surface area contributed by atoms with E-state index in [1.807, 2.05) is 6.08 Å². The van der Waals surface area contributed by atoms with Gasteiger partial charge in [-0.3, -0.25) is 0 Å². The summed E-state index contributed by atoms with van der Waals surface area (Å²) < 4.78 is 2.48. The summed E-state index contributed by atoms with van der Waals surface area (Å²) in [5.74, 6) is 0.197. The lowest BCUT2D eigenvalue weighted by atomic mass is 9.83. The zero-order valence-corrected chi connectivity index (χ0v) is 33.0. The standard InChI is InChI=1S/C54H51N/c1-7-17-46(36(3)8-2)51-33-43(27-30-48(51)39(6)41-21-16-22-42(32-41)40-19-10-9-11-20-40)44-28-31-54-52(34-44)49-24-14-15-25-53(49)55(54)45-29-26-38(5)50(35-45)47-23-13-12-18-37(47)4/h7-8,10,12-13,16-35,39H,2,9,11,14-15H2,1,3-6H3/b17-7-,46-36+. The lowest BCUT2D eigenvalue weighted by Crippen LogP contribution is -2.30. The highest BCUT2D eigenvalue weighted by molar-refractivity contribution is 5.90. The molecule has 0 radical (unpaired) electrons. The first-order chi connectivity index (χ1) is 26.9. The quantitative estimate of drug-likeness (QED) is 0.131. The van der Waals surface area contributed by atoms with Gasteiger partial charge in [0, 0.05) is 27.6 Å². The molecule has 0 saturated heterocycles. The van der Waals surface area contributed by atoms with Crippen LogP contribution < -0.4 is 10.6 Å². The van der Waals surface area contributed by atoms with Crippen LogP contribution in [0.2, 0.25) is 0 Å². The third-order valence-corrected chi connectivity index (χ3v) is 11.7. The minimum Gasteiger partial charge on any atom is -0.310 e. The van der Waals surface area contributed by atoms with Crippen molar-refractivity contribution in [3.63, 3.8) is 0 Å². The fraction of sp³-hybridized carbons (Fsp3) is 0.185. The van der Waals surface area contributed by atoms with E-state index in [9.17, 15) is 0 Å². The third kappa shape index (κ3) is 6.85. The van der Waals surface area contributed by atoms with Crippen molar-refractivity contribution in [1.29, 1.82) is 0 Å². The van der Waals surface area contributed by atoms with Crippen molar-refractivity contribution in [3.05, 3.63) is 196 Å². The predicted molar refractivity (Wildman–Crippen MR) is 239 cm³/mol. The molecule has 1 heteroatoms. The lowest BCUT2D eigenvalue weighted by molar-refractivity contribution is 0.917. The zero-order valence-electron chi connectivity index (χ0n) is 33.0. The van der Waals surface area contributed by atoms with Gasteiger partial charge in [-0.1, -0.05) is 135 Å². The van der Waals surface area contributed by atoms with Gasteiger partial charge in [-0.25, -0.2) is 0 Å². The molecule has 55 heavy (non-hydrogen) atoms. The van der Waals surface area contributed by atoms with Crippen molar-refractivity contribution < 1.29 is 0 Å². The summed E-state index contributed by atoms with van der Waals surface area (Å²) in [5, 5.41) is 3.94. The van der Waals surface area contributed by atoms with Crippen LogP contribution in [0.3, 0.4) is 0 Å². The Bertz CT molecular complexity index is 2720. The Labute approximate surface area is 327 Å². The van der Waals surface area contributed by atoms with E-state index in [0.29, 0.717) is 0 Å². The van der Waals surface area contributed by atoms with Crippen LogP contribution in [0.5, 0.6) is 0 Å². The van der Waals surface area contributed by atoms with Gasteiger partial charge in [0.15, 0.2) is 0 Å². The number of aryl methyl sites for hydroxylation is 2. The topological polar surface area (TPSA) is 4.93 Å². The summed E-state index contributed by atoms with van der Waals surface area (Å²) in [6.45, 7) is 15.2. The molecule has 2 aliphatic carbocycles. The van der Waals surface area contributed by atoms with Crippen molar-refractivity contribution in [2.24, 2.45) is 0 Å². The Morgan fingerprint density at radius 1 is 0.727 bits per heavy atom. The van der Waals surface area contributed by atoms with E-state index in [0.717, 1.165) is 25.7 Å². The molecule has 0 N–H and O–H groups in total. The number of hydrogen-bond donors (Lipinski definition) is 0. The Morgan fingerprint density at radius 2 is 1.51 bits per heavy atom. The second-order valence-corrected chi connectivity index (χ2v) is 15.3. The summed E-state index contributed by atoms with van der Waals surface area (Å²) in [6.07, 6.45) is 22.5. The maximum absolute atomic E-state index is 4.19. The van der Waals surface area contributed by atoms with Gasteiger partial charge in [0.1, 0.15) is 0 Å². The van der Waals surface area contributed by atoms with Gasteiger partial charge in [-0.05, 0) is 156 Å². The van der Waals surface area contributed by atoms with Gasteiger partial charge in [0.25, 0.3) is 0 Å². The number of allylic oxidation sites excluding steroid dienone is 9. The largest absolute Gasteiger partial charge is 0.310 e. The monoisotopic (exact) mass is 713 g/mol. The smallest absolute Gasteiger partial charge is 0.0541 e. The van der Waals surface area contributed by atoms with Gasteiger partial charge in [-0.2, -0.15) is 0 Å². The number of nitrogens with zero attached hydrogens (tertiary/aromatic N) is 1. The molecule has 8 rings (SSSR count). The molecular weight excluding hydrogens is 663 g/mol. The minimum atomic E-state index is 0.197. The number of hydrogen-bond acceptors (Lipinski definition) is 0. The second kappa shape index (κ2) is 15.4. The average molecular weight is 714 g/mol. The van der Waals surface area contributed by atoms with Crippen LogP contribution in [0, 0.1) is 13.8 Å². The van der Waals surface area contributed by atoms with Crippen molar-refractivity contribution in [1.82, 2.24) is 4.57 Å². The van der Waals surface area contributed by atoms with Crippen LogP contribution in [0.4, 0.5) is 0 Å². The Balaban J connectivity index is 1.27. The first-order valence-electron chi connectivity index (χ1n) is 20.0. The van der Waals surface area contributed by atoms with Crippen molar-refractivity contribution in [2.45, 2.75) is 66.2 Å². The van der Waals surface area contributed by atoms with Gasteiger partial charge in [0.2, 0.25) is 0 Å². The molecule has 0 spiro atoms. The molecule has 1 atom stereocenters. The number of fused-ring (bicyclic) bond motifs is 3. The maximum atomic E-state index is 4.19. The lowest BCUT2D eigenvalue weighted by Gasteiger charge is -2.21. The van der Waals surface area contributed by atoms with Crippen LogP contribution in [0.25, 0.3) is 62.1 Å². The van der Waals surface area contributed by atoms with Gasteiger partial charge in [0.05, 0.1) is 5.52 Å². The molecule has 1 heterocycles. The van der Waals surface area contributed by atoms with Gasteiger partial charge >= 0.3 is 0 Å². The molecule has 0 fully saturated rings. The summed E-state index contributed by atoms with van der Waals surface area (Å²) in [4.78, 5) is 0. The number of aromatic nitrogens is 1.